The lowest BCUT2D eigenvalue weighted by Gasteiger charge is -2.20. The van der Waals surface area contributed by atoms with Crippen molar-refractivity contribution in [3.8, 4) is 11.8 Å². The Labute approximate surface area is 138 Å². The number of carbonyl (C=O) groups is 1. The highest BCUT2D eigenvalue weighted by Gasteiger charge is 2.28. The molecule has 2 rings (SSSR count). The van der Waals surface area contributed by atoms with Crippen LogP contribution in [0.15, 0.2) is 24.3 Å². The highest BCUT2D eigenvalue weighted by molar-refractivity contribution is 5.94. The smallest absolute Gasteiger partial charge is 0.251 e. The monoisotopic (exact) mass is 315 g/mol. The highest BCUT2D eigenvalue weighted by Crippen LogP contribution is 2.26. The van der Waals surface area contributed by atoms with Crippen LogP contribution in [0.3, 0.4) is 0 Å². The van der Waals surface area contributed by atoms with Crippen LogP contribution in [0.5, 0.6) is 0 Å². The molecule has 124 valence electrons. The van der Waals surface area contributed by atoms with Crippen LogP contribution in [0.2, 0.25) is 0 Å². The Morgan fingerprint density at radius 1 is 1.35 bits per heavy atom. The minimum atomic E-state index is -1.02. The molecule has 0 aromatic heterocycles. The van der Waals surface area contributed by atoms with E-state index in [4.69, 9.17) is 4.74 Å². The van der Waals surface area contributed by atoms with Gasteiger partial charge in [-0.25, -0.2) is 0 Å². The SMILES string of the molecule is COC[C@@H]1CCC[C@@H]1NC(=O)c1ccc(C#CC(C)(C)O)cc1. The molecule has 4 nitrogen and oxygen atoms in total. The van der Waals surface area contributed by atoms with Crippen molar-refractivity contribution in [1.82, 2.24) is 5.32 Å². The molecule has 1 amide bonds. The molecule has 1 aliphatic carbocycles. The summed E-state index contributed by atoms with van der Waals surface area (Å²) in [5.41, 5.74) is 0.387. The van der Waals surface area contributed by atoms with Gasteiger partial charge in [0.25, 0.3) is 5.91 Å². The van der Waals surface area contributed by atoms with E-state index >= 15 is 0 Å². The normalized spacial score (nSPS) is 20.7. The second-order valence-electron chi connectivity index (χ2n) is 6.61. The van der Waals surface area contributed by atoms with Gasteiger partial charge in [-0.2, -0.15) is 0 Å². The van der Waals surface area contributed by atoms with Crippen LogP contribution in [-0.4, -0.2) is 36.4 Å². The van der Waals surface area contributed by atoms with Crippen LogP contribution in [0.4, 0.5) is 0 Å². The number of aliphatic hydroxyl groups is 1. The first-order valence-electron chi connectivity index (χ1n) is 8.04. The van der Waals surface area contributed by atoms with Crippen molar-refractivity contribution in [3.63, 3.8) is 0 Å². The van der Waals surface area contributed by atoms with Crippen molar-refractivity contribution in [2.75, 3.05) is 13.7 Å². The number of ether oxygens (including phenoxy) is 1. The number of carbonyl (C=O) groups excluding carboxylic acids is 1. The molecule has 0 saturated heterocycles. The van der Waals surface area contributed by atoms with Crippen molar-refractivity contribution in [1.29, 1.82) is 0 Å². The number of amides is 1. The third kappa shape index (κ3) is 5.38. The Bertz CT molecular complexity index is 590. The van der Waals surface area contributed by atoms with Crippen LogP contribution in [0, 0.1) is 17.8 Å². The first kappa shape index (κ1) is 17.5. The predicted octanol–water partition coefficient (Wildman–Crippen LogP) is 2.35. The van der Waals surface area contributed by atoms with Gasteiger partial charge in [0.15, 0.2) is 0 Å². The van der Waals surface area contributed by atoms with E-state index in [-0.39, 0.29) is 11.9 Å². The number of hydrogen-bond donors (Lipinski definition) is 2. The van der Waals surface area contributed by atoms with Crippen molar-refractivity contribution < 1.29 is 14.6 Å². The molecule has 0 heterocycles. The summed E-state index contributed by atoms with van der Waals surface area (Å²) in [5, 5.41) is 12.7. The minimum Gasteiger partial charge on any atom is -0.384 e. The lowest BCUT2D eigenvalue weighted by Crippen LogP contribution is -2.38. The van der Waals surface area contributed by atoms with Crippen LogP contribution < -0.4 is 5.32 Å². The largest absolute Gasteiger partial charge is 0.384 e. The van der Waals surface area contributed by atoms with Crippen LogP contribution >= 0.6 is 0 Å². The van der Waals surface area contributed by atoms with Gasteiger partial charge in [-0.15, -0.1) is 0 Å². The topological polar surface area (TPSA) is 58.6 Å². The number of hydrogen-bond acceptors (Lipinski definition) is 3. The zero-order valence-corrected chi connectivity index (χ0v) is 14.1. The van der Waals surface area contributed by atoms with Crippen molar-refractivity contribution in [3.05, 3.63) is 35.4 Å². The zero-order chi connectivity index (χ0) is 16.9. The molecule has 0 unspecified atom stereocenters. The molecule has 0 bridgehead atoms. The van der Waals surface area contributed by atoms with E-state index in [1.54, 1.807) is 45.2 Å². The molecule has 2 atom stereocenters. The molecule has 1 aliphatic rings. The fraction of sp³-hybridized carbons (Fsp3) is 0.526. The lowest BCUT2D eigenvalue weighted by molar-refractivity contribution is 0.0898. The van der Waals surface area contributed by atoms with Gasteiger partial charge >= 0.3 is 0 Å². The summed E-state index contributed by atoms with van der Waals surface area (Å²) in [4.78, 5) is 12.4. The van der Waals surface area contributed by atoms with Crippen LogP contribution in [0.1, 0.15) is 49.0 Å². The molecular formula is C19H25NO3. The maximum Gasteiger partial charge on any atom is 0.251 e. The predicted molar refractivity (Wildman–Crippen MR) is 90.1 cm³/mol. The molecule has 4 heteroatoms. The van der Waals surface area contributed by atoms with E-state index in [2.05, 4.69) is 17.2 Å². The average Bonchev–Trinajstić information content (AvgIpc) is 2.92. The van der Waals surface area contributed by atoms with Gasteiger partial charge in [-0.3, -0.25) is 4.79 Å². The summed E-state index contributed by atoms with van der Waals surface area (Å²) in [6.45, 7) is 3.97. The first-order chi connectivity index (χ1) is 10.9. The summed E-state index contributed by atoms with van der Waals surface area (Å²) in [6.07, 6.45) is 3.24. The summed E-state index contributed by atoms with van der Waals surface area (Å²) in [6, 6.07) is 7.33. The van der Waals surface area contributed by atoms with E-state index in [1.807, 2.05) is 0 Å². The Morgan fingerprint density at radius 3 is 2.65 bits per heavy atom. The molecule has 1 aromatic carbocycles. The number of rotatable bonds is 4. The fourth-order valence-electron chi connectivity index (χ4n) is 2.82. The van der Waals surface area contributed by atoms with E-state index < -0.39 is 5.60 Å². The Balaban J connectivity index is 1.98. The highest BCUT2D eigenvalue weighted by atomic mass is 16.5. The maximum absolute atomic E-state index is 12.4. The van der Waals surface area contributed by atoms with Gasteiger partial charge in [-0.1, -0.05) is 18.3 Å². The lowest BCUT2D eigenvalue weighted by atomic mass is 10.0. The number of methoxy groups -OCH3 is 1. The molecule has 2 N–H and O–H groups in total. The standard InChI is InChI=1S/C19H25NO3/c1-19(2,22)12-11-14-7-9-15(10-8-14)18(21)20-17-6-4-5-16(17)13-23-3/h7-10,16-17,22H,4-6,13H2,1-3H3,(H,20,21)/t16-,17-/m0/s1. The second-order valence-corrected chi connectivity index (χ2v) is 6.61. The molecule has 0 aliphatic heterocycles. The number of nitrogens with one attached hydrogen (secondary N) is 1. The molecular weight excluding hydrogens is 290 g/mol. The number of benzene rings is 1. The van der Waals surface area contributed by atoms with Crippen LogP contribution in [-0.2, 0) is 4.74 Å². The van der Waals surface area contributed by atoms with Crippen molar-refractivity contribution >= 4 is 5.91 Å². The first-order valence-corrected chi connectivity index (χ1v) is 8.04. The molecule has 1 aromatic rings. The molecule has 23 heavy (non-hydrogen) atoms. The van der Waals surface area contributed by atoms with E-state index in [0.29, 0.717) is 18.1 Å². The minimum absolute atomic E-state index is 0.0556. The van der Waals surface area contributed by atoms with Gasteiger partial charge in [0.05, 0.1) is 6.61 Å². The molecule has 0 radical (unpaired) electrons. The second kappa shape index (κ2) is 7.63. The third-order valence-corrected chi connectivity index (χ3v) is 4.02. The fourth-order valence-corrected chi connectivity index (χ4v) is 2.82. The third-order valence-electron chi connectivity index (χ3n) is 4.02. The zero-order valence-electron chi connectivity index (χ0n) is 14.1. The molecule has 0 spiro atoms. The van der Waals surface area contributed by atoms with Crippen molar-refractivity contribution in [2.45, 2.75) is 44.8 Å². The van der Waals surface area contributed by atoms with Crippen molar-refractivity contribution in [2.24, 2.45) is 5.92 Å². The van der Waals surface area contributed by atoms with Gasteiger partial charge in [0, 0.05) is 30.2 Å². The Kier molecular flexibility index (Phi) is 5.81. The van der Waals surface area contributed by atoms with Gasteiger partial charge in [0.2, 0.25) is 0 Å². The Hall–Kier alpha value is -1.83. The molecule has 1 fully saturated rings. The van der Waals surface area contributed by atoms with E-state index in [1.165, 1.54) is 0 Å². The quantitative estimate of drug-likeness (QED) is 0.839. The Morgan fingerprint density at radius 2 is 2.04 bits per heavy atom. The van der Waals surface area contributed by atoms with E-state index in [0.717, 1.165) is 24.8 Å². The van der Waals surface area contributed by atoms with Gasteiger partial charge in [-0.05, 0) is 51.0 Å². The van der Waals surface area contributed by atoms with E-state index in [9.17, 15) is 9.90 Å². The summed E-state index contributed by atoms with van der Waals surface area (Å²) in [7, 11) is 1.70. The van der Waals surface area contributed by atoms with Crippen LogP contribution in [0.25, 0.3) is 0 Å². The average molecular weight is 315 g/mol. The summed E-state index contributed by atoms with van der Waals surface area (Å²) in [5.74, 6) is 6.00. The molecule has 1 saturated carbocycles. The summed E-state index contributed by atoms with van der Waals surface area (Å²) < 4.78 is 5.23. The maximum atomic E-state index is 12.4. The van der Waals surface area contributed by atoms with Gasteiger partial charge < -0.3 is 15.2 Å². The summed E-state index contributed by atoms with van der Waals surface area (Å²) >= 11 is 0. The van der Waals surface area contributed by atoms with Gasteiger partial charge in [0.1, 0.15) is 5.60 Å².